The van der Waals surface area contributed by atoms with E-state index in [4.69, 9.17) is 5.10 Å². The fourth-order valence-electron chi connectivity index (χ4n) is 6.29. The molecular weight excluding hydrogens is 550 g/mol. The molecular formula is C40H28N5. The monoisotopic (exact) mass is 578 g/mol. The van der Waals surface area contributed by atoms with Gasteiger partial charge in [-0.3, -0.25) is 14.1 Å². The van der Waals surface area contributed by atoms with Crippen LogP contribution >= 0.6 is 0 Å². The summed E-state index contributed by atoms with van der Waals surface area (Å²) in [6.45, 7) is 0. The second kappa shape index (κ2) is 11.2. The Morgan fingerprint density at radius 3 is 1.78 bits per heavy atom. The molecule has 0 spiro atoms. The molecule has 5 heteroatoms. The van der Waals surface area contributed by atoms with Crippen molar-refractivity contribution in [2.24, 2.45) is 0 Å². The van der Waals surface area contributed by atoms with E-state index in [1.54, 1.807) is 0 Å². The van der Waals surface area contributed by atoms with Gasteiger partial charge in [0, 0.05) is 35.3 Å². The lowest BCUT2D eigenvalue weighted by Crippen LogP contribution is -2.38. The number of fused-ring (bicyclic) bond motifs is 1. The van der Waals surface area contributed by atoms with E-state index in [-0.39, 0.29) is 0 Å². The molecule has 4 aromatic heterocycles. The zero-order valence-electron chi connectivity index (χ0n) is 24.4. The summed E-state index contributed by atoms with van der Waals surface area (Å²) in [6, 6.07) is 53.2. The number of benzene rings is 4. The van der Waals surface area contributed by atoms with Crippen LogP contribution in [0.2, 0.25) is 0 Å². The molecule has 5 nitrogen and oxygen atoms in total. The van der Waals surface area contributed by atoms with E-state index in [2.05, 4.69) is 153 Å². The molecule has 0 unspecified atom stereocenters. The topological polar surface area (TPSA) is 48.0 Å². The van der Waals surface area contributed by atoms with E-state index in [1.165, 1.54) is 0 Å². The van der Waals surface area contributed by atoms with Gasteiger partial charge in [-0.05, 0) is 47.0 Å². The first-order valence-corrected chi connectivity index (χ1v) is 14.9. The number of imidazole rings is 1. The number of pyridine rings is 2. The molecule has 0 aliphatic rings. The van der Waals surface area contributed by atoms with Crippen molar-refractivity contribution in [3.05, 3.63) is 193 Å². The second-order valence-electron chi connectivity index (χ2n) is 10.9. The third kappa shape index (κ3) is 4.53. The van der Waals surface area contributed by atoms with Crippen molar-refractivity contribution >= 4 is 5.65 Å². The predicted molar refractivity (Wildman–Crippen MR) is 179 cm³/mol. The molecule has 0 aliphatic heterocycles. The van der Waals surface area contributed by atoms with Crippen LogP contribution in [-0.2, 0) is 5.54 Å². The first kappa shape index (κ1) is 26.5. The molecule has 4 heterocycles. The molecule has 0 aliphatic carbocycles. The molecule has 1 radical (unpaired) electrons. The Labute approximate surface area is 261 Å². The predicted octanol–water partition coefficient (Wildman–Crippen LogP) is 8.57. The minimum absolute atomic E-state index is 0.740. The van der Waals surface area contributed by atoms with Crippen LogP contribution in [0.1, 0.15) is 16.7 Å². The first-order chi connectivity index (χ1) is 22.3. The molecule has 0 bridgehead atoms. The number of rotatable bonds is 7. The maximum Gasteiger partial charge on any atom is 0.138 e. The highest BCUT2D eigenvalue weighted by atomic mass is 15.3. The molecule has 8 aromatic rings. The van der Waals surface area contributed by atoms with E-state index < -0.39 is 5.54 Å². The van der Waals surface area contributed by atoms with Gasteiger partial charge in [-0.1, -0.05) is 121 Å². The number of nitrogens with zero attached hydrogens (tertiary/aromatic N) is 5. The lowest BCUT2D eigenvalue weighted by Gasteiger charge is -2.36. The highest BCUT2D eigenvalue weighted by Gasteiger charge is 2.40. The lowest BCUT2D eigenvalue weighted by molar-refractivity contribution is 0.461. The summed E-state index contributed by atoms with van der Waals surface area (Å²) in [6.07, 6.45) is 8.02. The van der Waals surface area contributed by atoms with Gasteiger partial charge in [0.1, 0.15) is 16.9 Å². The van der Waals surface area contributed by atoms with Gasteiger partial charge >= 0.3 is 0 Å². The van der Waals surface area contributed by atoms with Gasteiger partial charge in [0.15, 0.2) is 0 Å². The van der Waals surface area contributed by atoms with Crippen molar-refractivity contribution in [3.63, 3.8) is 0 Å². The molecule has 0 saturated heterocycles. The molecule has 45 heavy (non-hydrogen) atoms. The van der Waals surface area contributed by atoms with Gasteiger partial charge < -0.3 is 0 Å². The van der Waals surface area contributed by atoms with Crippen LogP contribution in [-0.4, -0.2) is 24.1 Å². The van der Waals surface area contributed by atoms with E-state index in [0.717, 1.165) is 56.1 Å². The van der Waals surface area contributed by atoms with E-state index in [1.807, 2.05) is 42.7 Å². The van der Waals surface area contributed by atoms with Gasteiger partial charge in [0.25, 0.3) is 0 Å². The number of hydrogen-bond acceptors (Lipinski definition) is 3. The second-order valence-corrected chi connectivity index (χ2v) is 10.9. The average molecular weight is 579 g/mol. The SMILES string of the molecule is [c]1ccc(-c2nn(C(c3ccccc3)(c3ccccc3)c3ccccc3)cc2-c2ccc3ncc(-c4ccccn4)n3c2)cc1. The van der Waals surface area contributed by atoms with Crippen LogP contribution in [0.4, 0.5) is 0 Å². The summed E-state index contributed by atoms with van der Waals surface area (Å²) in [5, 5.41) is 5.47. The normalized spacial score (nSPS) is 11.6. The standard InChI is InChI=1S/C40H28N5/c1-5-15-30(16-6-1)39-35(31-24-25-38-42-27-37(44(38)28-31)36-23-13-14-26-41-36)29-45(43-39)40(32-17-7-2-8-18-32,33-19-9-3-10-20-33)34-21-11-4-12-22-34/h2-29H. The van der Waals surface area contributed by atoms with E-state index >= 15 is 0 Å². The maximum absolute atomic E-state index is 5.47. The quantitative estimate of drug-likeness (QED) is 0.178. The third-order valence-corrected chi connectivity index (χ3v) is 8.37. The van der Waals surface area contributed by atoms with E-state index in [9.17, 15) is 0 Å². The van der Waals surface area contributed by atoms with Crippen LogP contribution in [0.5, 0.6) is 0 Å². The number of aromatic nitrogens is 5. The highest BCUT2D eigenvalue weighted by Crippen LogP contribution is 2.43. The largest absolute Gasteiger partial charge is 0.298 e. The van der Waals surface area contributed by atoms with Crippen molar-refractivity contribution in [1.82, 2.24) is 24.1 Å². The first-order valence-electron chi connectivity index (χ1n) is 14.9. The lowest BCUT2D eigenvalue weighted by atomic mass is 9.77. The fraction of sp³-hybridized carbons (Fsp3) is 0.0250. The summed E-state index contributed by atoms with van der Waals surface area (Å²) in [5.41, 5.74) is 9.20. The molecule has 4 aromatic carbocycles. The van der Waals surface area contributed by atoms with Gasteiger partial charge in [0.05, 0.1) is 17.6 Å². The van der Waals surface area contributed by atoms with Crippen molar-refractivity contribution in [3.8, 4) is 33.8 Å². The Morgan fingerprint density at radius 1 is 0.556 bits per heavy atom. The molecule has 0 N–H and O–H groups in total. The van der Waals surface area contributed by atoms with Crippen molar-refractivity contribution < 1.29 is 0 Å². The van der Waals surface area contributed by atoms with Gasteiger partial charge in [0.2, 0.25) is 0 Å². The van der Waals surface area contributed by atoms with Crippen molar-refractivity contribution in [2.45, 2.75) is 5.54 Å². The summed E-state index contributed by atoms with van der Waals surface area (Å²) >= 11 is 0. The smallest absolute Gasteiger partial charge is 0.138 e. The molecule has 0 saturated carbocycles. The maximum atomic E-state index is 5.47. The zero-order chi connectivity index (χ0) is 30.1. The Hall–Kier alpha value is -6.07. The minimum atomic E-state index is -0.740. The summed E-state index contributed by atoms with van der Waals surface area (Å²) < 4.78 is 4.25. The Morgan fingerprint density at radius 2 is 1.18 bits per heavy atom. The van der Waals surface area contributed by atoms with Crippen LogP contribution in [0, 0.1) is 6.07 Å². The molecule has 0 amide bonds. The van der Waals surface area contributed by atoms with Gasteiger partial charge in [-0.2, -0.15) is 5.10 Å². The van der Waals surface area contributed by atoms with Crippen LogP contribution < -0.4 is 0 Å². The summed E-state index contributed by atoms with van der Waals surface area (Å²) in [4.78, 5) is 9.27. The minimum Gasteiger partial charge on any atom is -0.298 e. The van der Waals surface area contributed by atoms with Crippen molar-refractivity contribution in [2.75, 3.05) is 0 Å². The summed E-state index contributed by atoms with van der Waals surface area (Å²) in [5.74, 6) is 0. The zero-order valence-corrected chi connectivity index (χ0v) is 24.4. The Balaban J connectivity index is 1.43. The Kier molecular flexibility index (Phi) is 6.61. The fourth-order valence-corrected chi connectivity index (χ4v) is 6.29. The van der Waals surface area contributed by atoms with Gasteiger partial charge in [-0.25, -0.2) is 4.98 Å². The van der Waals surface area contributed by atoms with E-state index in [0.29, 0.717) is 0 Å². The van der Waals surface area contributed by atoms with Crippen LogP contribution in [0.15, 0.2) is 170 Å². The average Bonchev–Trinajstić information content (AvgIpc) is 3.76. The summed E-state index contributed by atoms with van der Waals surface area (Å²) in [7, 11) is 0. The van der Waals surface area contributed by atoms with Crippen LogP contribution in [0.3, 0.4) is 0 Å². The third-order valence-electron chi connectivity index (χ3n) is 8.37. The Bertz CT molecular complexity index is 2090. The van der Waals surface area contributed by atoms with Gasteiger partial charge in [-0.15, -0.1) is 0 Å². The molecule has 8 rings (SSSR count). The molecule has 0 fully saturated rings. The number of hydrogen-bond donors (Lipinski definition) is 0. The highest BCUT2D eigenvalue weighted by molar-refractivity contribution is 5.81. The molecule has 213 valence electrons. The molecule has 0 atom stereocenters. The van der Waals surface area contributed by atoms with Crippen molar-refractivity contribution in [1.29, 1.82) is 0 Å². The van der Waals surface area contributed by atoms with Crippen LogP contribution in [0.25, 0.3) is 39.4 Å².